The summed E-state index contributed by atoms with van der Waals surface area (Å²) in [6.07, 6.45) is 0. The molecule has 0 unspecified atom stereocenters. The zero-order valence-corrected chi connectivity index (χ0v) is 18.1. The molecule has 31 heavy (non-hydrogen) atoms. The van der Waals surface area contributed by atoms with Crippen LogP contribution in [0.5, 0.6) is 0 Å². The summed E-state index contributed by atoms with van der Waals surface area (Å²) < 4.78 is 27.0. The van der Waals surface area contributed by atoms with Crippen LogP contribution in [0.25, 0.3) is 0 Å². The second-order valence-electron chi connectivity index (χ2n) is 7.76. The van der Waals surface area contributed by atoms with Gasteiger partial charge in [-0.3, -0.25) is 4.79 Å². The molecular formula is C25H23NO4S. The summed E-state index contributed by atoms with van der Waals surface area (Å²) in [5.41, 5.74) is 3.57. The Morgan fingerprint density at radius 3 is 1.97 bits per heavy atom. The third-order valence-corrected chi connectivity index (χ3v) is 7.35. The summed E-state index contributed by atoms with van der Waals surface area (Å²) in [5.74, 6) is -1.41. The maximum atomic E-state index is 13.5. The average Bonchev–Trinajstić information content (AvgIpc) is 3.02. The van der Waals surface area contributed by atoms with Gasteiger partial charge < -0.3 is 10.0 Å². The molecule has 4 rings (SSSR count). The van der Waals surface area contributed by atoms with Crippen LogP contribution in [0.4, 0.5) is 0 Å². The minimum Gasteiger partial charge on any atom is -0.502 e. The van der Waals surface area contributed by atoms with Crippen LogP contribution < -0.4 is 0 Å². The first-order valence-electron chi connectivity index (χ1n) is 9.95. The number of sulfone groups is 1. The lowest BCUT2D eigenvalue weighted by Crippen LogP contribution is -2.30. The van der Waals surface area contributed by atoms with Crippen LogP contribution in [-0.2, 0) is 21.2 Å². The van der Waals surface area contributed by atoms with E-state index in [2.05, 4.69) is 0 Å². The van der Waals surface area contributed by atoms with Crippen molar-refractivity contribution in [2.45, 2.75) is 31.3 Å². The van der Waals surface area contributed by atoms with Crippen molar-refractivity contribution >= 4 is 15.7 Å². The van der Waals surface area contributed by atoms with E-state index in [1.807, 2.05) is 50.2 Å². The first-order chi connectivity index (χ1) is 14.8. The van der Waals surface area contributed by atoms with E-state index in [1.54, 1.807) is 30.3 Å². The van der Waals surface area contributed by atoms with Crippen LogP contribution in [0, 0.1) is 13.8 Å². The van der Waals surface area contributed by atoms with Crippen LogP contribution in [0.1, 0.15) is 28.3 Å². The Morgan fingerprint density at radius 1 is 0.839 bits per heavy atom. The number of hydrogen-bond donors (Lipinski definition) is 1. The number of amides is 1. The van der Waals surface area contributed by atoms with Crippen LogP contribution in [-0.4, -0.2) is 24.3 Å². The van der Waals surface area contributed by atoms with Gasteiger partial charge in [0.15, 0.2) is 5.76 Å². The lowest BCUT2D eigenvalue weighted by molar-refractivity contribution is -0.130. The third-order valence-electron chi connectivity index (χ3n) is 5.47. The number of aliphatic hydroxyl groups excluding tert-OH is 1. The van der Waals surface area contributed by atoms with Gasteiger partial charge in [0.05, 0.1) is 10.9 Å². The van der Waals surface area contributed by atoms with E-state index in [-0.39, 0.29) is 16.3 Å². The highest BCUT2D eigenvalue weighted by Crippen LogP contribution is 2.43. The van der Waals surface area contributed by atoms with E-state index in [1.165, 1.54) is 17.0 Å². The zero-order chi connectivity index (χ0) is 22.2. The fourth-order valence-electron chi connectivity index (χ4n) is 3.76. The number of carbonyl (C=O) groups excluding carboxylic acids is 1. The van der Waals surface area contributed by atoms with Gasteiger partial charge in [-0.15, -0.1) is 0 Å². The summed E-state index contributed by atoms with van der Waals surface area (Å²) in [6, 6.07) is 22.0. The van der Waals surface area contributed by atoms with Crippen LogP contribution >= 0.6 is 0 Å². The Kier molecular flexibility index (Phi) is 5.41. The van der Waals surface area contributed by atoms with E-state index in [9.17, 15) is 18.3 Å². The molecule has 0 bridgehead atoms. The van der Waals surface area contributed by atoms with Crippen LogP contribution in [0.15, 0.2) is 94.4 Å². The molecule has 1 atom stereocenters. The Labute approximate surface area is 182 Å². The first kappa shape index (κ1) is 20.9. The van der Waals surface area contributed by atoms with Crippen molar-refractivity contribution in [3.05, 3.63) is 112 Å². The van der Waals surface area contributed by atoms with Gasteiger partial charge in [0, 0.05) is 6.54 Å². The number of aliphatic hydroxyl groups is 1. The smallest absolute Gasteiger partial charge is 0.290 e. The molecule has 0 fully saturated rings. The minimum atomic E-state index is -4.09. The second-order valence-corrected chi connectivity index (χ2v) is 9.68. The van der Waals surface area contributed by atoms with E-state index >= 15 is 0 Å². The molecule has 0 saturated carbocycles. The summed E-state index contributed by atoms with van der Waals surface area (Å²) >= 11 is 0. The molecule has 1 heterocycles. The Balaban J connectivity index is 1.85. The van der Waals surface area contributed by atoms with Gasteiger partial charge in [-0.2, -0.15) is 0 Å². The second kappa shape index (κ2) is 8.04. The van der Waals surface area contributed by atoms with Crippen molar-refractivity contribution in [2.24, 2.45) is 0 Å². The number of hydrogen-bond acceptors (Lipinski definition) is 4. The van der Waals surface area contributed by atoms with Crippen molar-refractivity contribution in [1.29, 1.82) is 0 Å². The lowest BCUT2D eigenvalue weighted by atomic mass is 10.0. The quantitative estimate of drug-likeness (QED) is 0.637. The topological polar surface area (TPSA) is 74.7 Å². The Morgan fingerprint density at radius 2 is 1.39 bits per heavy atom. The van der Waals surface area contributed by atoms with Crippen molar-refractivity contribution in [3.63, 3.8) is 0 Å². The molecule has 1 N–H and O–H groups in total. The standard InChI is InChI=1S/C25H23NO4S/c1-17-8-12-19(13-9-17)16-26-22(20-14-10-18(2)11-15-20)24(23(27)25(26)28)31(29,30)21-6-4-3-5-7-21/h3-15,22,27H,16H2,1-2H3/t22-/m0/s1. The Bertz CT molecular complexity index is 1250. The highest BCUT2D eigenvalue weighted by molar-refractivity contribution is 7.95. The monoisotopic (exact) mass is 433 g/mol. The van der Waals surface area contributed by atoms with Gasteiger partial charge >= 0.3 is 0 Å². The maximum absolute atomic E-state index is 13.5. The number of rotatable bonds is 5. The fraction of sp³-hybridized carbons (Fsp3) is 0.160. The van der Waals surface area contributed by atoms with Crippen molar-refractivity contribution in [3.8, 4) is 0 Å². The molecule has 0 aromatic heterocycles. The Hall–Kier alpha value is -3.38. The maximum Gasteiger partial charge on any atom is 0.290 e. The average molecular weight is 434 g/mol. The zero-order valence-electron chi connectivity index (χ0n) is 17.3. The molecule has 0 radical (unpaired) electrons. The molecule has 3 aromatic carbocycles. The molecule has 5 nitrogen and oxygen atoms in total. The molecule has 0 spiro atoms. The van der Waals surface area contributed by atoms with Crippen LogP contribution in [0.3, 0.4) is 0 Å². The molecule has 0 aliphatic carbocycles. The van der Waals surface area contributed by atoms with Gasteiger partial charge in [0.25, 0.3) is 5.91 Å². The predicted molar refractivity (Wildman–Crippen MR) is 119 cm³/mol. The fourth-order valence-corrected chi connectivity index (χ4v) is 5.43. The highest BCUT2D eigenvalue weighted by atomic mass is 32.2. The first-order valence-corrected chi connectivity index (χ1v) is 11.4. The molecule has 3 aromatic rings. The minimum absolute atomic E-state index is 0.0404. The van der Waals surface area contributed by atoms with Gasteiger partial charge in [0.2, 0.25) is 9.84 Å². The highest BCUT2D eigenvalue weighted by Gasteiger charge is 2.46. The summed E-state index contributed by atoms with van der Waals surface area (Å²) in [7, 11) is -4.09. The van der Waals surface area contributed by atoms with Gasteiger partial charge in [-0.1, -0.05) is 77.9 Å². The molecule has 6 heteroatoms. The summed E-state index contributed by atoms with van der Waals surface area (Å²) in [5, 5.41) is 10.7. The van der Waals surface area contributed by atoms with E-state index in [0.29, 0.717) is 5.56 Å². The molecule has 158 valence electrons. The van der Waals surface area contributed by atoms with Gasteiger partial charge in [-0.25, -0.2) is 8.42 Å². The molecule has 1 amide bonds. The summed E-state index contributed by atoms with van der Waals surface area (Å²) in [4.78, 5) is 14.2. The normalized spacial score (nSPS) is 16.8. The SMILES string of the molecule is Cc1ccc(CN2C(=O)C(O)=C(S(=O)(=O)c3ccccc3)[C@@H]2c2ccc(C)cc2)cc1. The van der Waals surface area contributed by atoms with Gasteiger partial charge in [0.1, 0.15) is 4.91 Å². The predicted octanol–water partition coefficient (Wildman–Crippen LogP) is 4.63. The summed E-state index contributed by atoms with van der Waals surface area (Å²) in [6.45, 7) is 4.08. The van der Waals surface area contributed by atoms with E-state index < -0.39 is 27.5 Å². The number of carbonyl (C=O) groups is 1. The number of aryl methyl sites for hydroxylation is 2. The molecular weight excluding hydrogens is 410 g/mol. The molecule has 1 aliphatic rings. The lowest BCUT2D eigenvalue weighted by Gasteiger charge is -2.27. The van der Waals surface area contributed by atoms with E-state index in [4.69, 9.17) is 0 Å². The molecule has 1 aliphatic heterocycles. The van der Waals surface area contributed by atoms with Crippen molar-refractivity contribution in [2.75, 3.05) is 0 Å². The van der Waals surface area contributed by atoms with Gasteiger partial charge in [-0.05, 0) is 37.1 Å². The van der Waals surface area contributed by atoms with Crippen LogP contribution in [0.2, 0.25) is 0 Å². The van der Waals surface area contributed by atoms with E-state index in [0.717, 1.165) is 16.7 Å². The van der Waals surface area contributed by atoms with Crippen molar-refractivity contribution < 1.29 is 18.3 Å². The number of nitrogens with zero attached hydrogens (tertiary/aromatic N) is 1. The number of benzene rings is 3. The third kappa shape index (κ3) is 3.86. The molecule has 0 saturated heterocycles. The largest absolute Gasteiger partial charge is 0.502 e. The van der Waals surface area contributed by atoms with Crippen molar-refractivity contribution in [1.82, 2.24) is 4.90 Å².